The van der Waals surface area contributed by atoms with Crippen LogP contribution in [0.15, 0.2) is 54.9 Å². The molecule has 0 aliphatic carbocycles. The largest absolute Gasteiger partial charge is 0.477 e. The van der Waals surface area contributed by atoms with Crippen molar-refractivity contribution in [2.75, 3.05) is 9.80 Å². The second-order valence-corrected chi connectivity index (χ2v) is 4.93. The summed E-state index contributed by atoms with van der Waals surface area (Å²) in [5, 5.41) is 0. The third kappa shape index (κ3) is 2.88. The van der Waals surface area contributed by atoms with Gasteiger partial charge in [0, 0.05) is 44.0 Å². The summed E-state index contributed by atoms with van der Waals surface area (Å²) >= 11 is 0. The van der Waals surface area contributed by atoms with Crippen molar-refractivity contribution in [2.24, 2.45) is 0 Å². The molecule has 1 radical (unpaired) electrons. The van der Waals surface area contributed by atoms with Gasteiger partial charge in [0.1, 0.15) is 17.5 Å². The molecule has 0 unspecified atom stereocenters. The van der Waals surface area contributed by atoms with E-state index in [1.807, 2.05) is 0 Å². The summed E-state index contributed by atoms with van der Waals surface area (Å²) in [5.74, 6) is 0.537. The van der Waals surface area contributed by atoms with Gasteiger partial charge in [0.2, 0.25) is 0 Å². The fraction of sp³-hybridized carbons (Fsp3) is 0. The molecule has 4 rings (SSSR count). The summed E-state index contributed by atoms with van der Waals surface area (Å²) in [7, 11) is 0. The SMILES string of the molecule is Fc1c[c-]c(N2[CH-]N(c3ccc(F)cc3)c3nccnc32)cc1.[Ir]. The van der Waals surface area contributed by atoms with Crippen LogP contribution in [0.1, 0.15) is 0 Å². The molecule has 1 aliphatic rings. The van der Waals surface area contributed by atoms with Crippen molar-refractivity contribution in [3.8, 4) is 0 Å². The third-order valence-electron chi connectivity index (χ3n) is 3.47. The molecule has 3 aromatic rings. The molecule has 24 heavy (non-hydrogen) atoms. The first-order valence-electron chi connectivity index (χ1n) is 6.90. The van der Waals surface area contributed by atoms with Gasteiger partial charge in [-0.25, -0.2) is 14.4 Å². The zero-order chi connectivity index (χ0) is 15.8. The van der Waals surface area contributed by atoms with Crippen LogP contribution >= 0.6 is 0 Å². The number of rotatable bonds is 2. The maximum atomic E-state index is 13.1. The number of hydrogen-bond donors (Lipinski definition) is 0. The Labute approximate surface area is 151 Å². The number of aromatic nitrogens is 2. The summed E-state index contributed by atoms with van der Waals surface area (Å²) in [4.78, 5) is 12.2. The van der Waals surface area contributed by atoms with Gasteiger partial charge in [0.05, 0.1) is 0 Å². The van der Waals surface area contributed by atoms with Crippen LogP contribution in [0, 0.1) is 24.4 Å². The van der Waals surface area contributed by atoms with Crippen molar-refractivity contribution in [3.05, 3.63) is 79.2 Å². The van der Waals surface area contributed by atoms with Gasteiger partial charge in [-0.15, -0.1) is 30.6 Å². The van der Waals surface area contributed by atoms with E-state index in [1.165, 1.54) is 24.3 Å². The number of benzene rings is 2. The standard InChI is InChI=1S/C17H10F2N4.Ir/c18-12-1-5-14(6-2-12)22-11-23(15-7-3-13(19)4-8-15)17-16(22)20-9-10-21-17;/h1-7,9-11H;/q-2;. The van der Waals surface area contributed by atoms with Gasteiger partial charge in [-0.2, -0.15) is 6.07 Å². The van der Waals surface area contributed by atoms with Crippen LogP contribution < -0.4 is 9.80 Å². The maximum Gasteiger partial charge on any atom is 0.145 e. The van der Waals surface area contributed by atoms with Crippen molar-refractivity contribution in [1.82, 2.24) is 9.97 Å². The maximum absolute atomic E-state index is 13.1. The minimum Gasteiger partial charge on any atom is -0.477 e. The van der Waals surface area contributed by atoms with Crippen LogP contribution in [-0.4, -0.2) is 9.97 Å². The third-order valence-corrected chi connectivity index (χ3v) is 3.47. The van der Waals surface area contributed by atoms with Crippen LogP contribution in [0.25, 0.3) is 0 Å². The Morgan fingerprint density at radius 2 is 1.46 bits per heavy atom. The zero-order valence-electron chi connectivity index (χ0n) is 12.2. The topological polar surface area (TPSA) is 32.3 Å². The molecular formula is C17H10F2IrN4-2. The van der Waals surface area contributed by atoms with E-state index >= 15 is 0 Å². The zero-order valence-corrected chi connectivity index (χ0v) is 14.5. The van der Waals surface area contributed by atoms with E-state index in [1.54, 1.807) is 47.1 Å². The molecule has 2 heterocycles. The predicted molar refractivity (Wildman–Crippen MR) is 82.2 cm³/mol. The fourth-order valence-electron chi connectivity index (χ4n) is 2.40. The van der Waals surface area contributed by atoms with Gasteiger partial charge < -0.3 is 9.80 Å². The predicted octanol–water partition coefficient (Wildman–Crippen LogP) is 3.96. The van der Waals surface area contributed by atoms with Crippen LogP contribution in [0.2, 0.25) is 0 Å². The first kappa shape index (κ1) is 16.5. The summed E-state index contributed by atoms with van der Waals surface area (Å²) in [6.07, 6.45) is 3.17. The molecule has 0 bridgehead atoms. The summed E-state index contributed by atoms with van der Waals surface area (Å²) in [5.41, 5.74) is 1.38. The second kappa shape index (κ2) is 6.63. The van der Waals surface area contributed by atoms with Crippen molar-refractivity contribution < 1.29 is 28.9 Å². The Balaban J connectivity index is 0.00000169. The Hall–Kier alpha value is -2.37. The summed E-state index contributed by atoms with van der Waals surface area (Å²) in [6.45, 7) is 1.77. The molecule has 0 fully saturated rings. The van der Waals surface area contributed by atoms with Crippen molar-refractivity contribution in [3.63, 3.8) is 0 Å². The quantitative estimate of drug-likeness (QED) is 0.499. The number of halogens is 2. The second-order valence-electron chi connectivity index (χ2n) is 4.93. The van der Waals surface area contributed by atoms with Crippen molar-refractivity contribution in [2.45, 2.75) is 0 Å². The van der Waals surface area contributed by atoms with E-state index < -0.39 is 0 Å². The average molecular weight is 501 g/mol. The minimum atomic E-state index is -0.359. The summed E-state index contributed by atoms with van der Waals surface area (Å²) < 4.78 is 26.3. The summed E-state index contributed by atoms with van der Waals surface area (Å²) in [6, 6.07) is 13.2. The molecule has 0 spiro atoms. The van der Waals surface area contributed by atoms with E-state index in [-0.39, 0.29) is 31.7 Å². The first-order valence-corrected chi connectivity index (χ1v) is 6.90. The fourth-order valence-corrected chi connectivity index (χ4v) is 2.40. The Morgan fingerprint density at radius 3 is 2.08 bits per heavy atom. The van der Waals surface area contributed by atoms with Crippen LogP contribution in [0.4, 0.5) is 31.8 Å². The van der Waals surface area contributed by atoms with Crippen LogP contribution in [0.5, 0.6) is 0 Å². The van der Waals surface area contributed by atoms with E-state index in [2.05, 4.69) is 16.0 Å². The van der Waals surface area contributed by atoms with Crippen LogP contribution in [0.3, 0.4) is 0 Å². The Bertz CT molecular complexity index is 769. The first-order chi connectivity index (χ1) is 11.2. The molecule has 1 aromatic heterocycles. The van der Waals surface area contributed by atoms with Gasteiger partial charge >= 0.3 is 0 Å². The number of anilines is 4. The van der Waals surface area contributed by atoms with Gasteiger partial charge in [-0.3, -0.25) is 4.39 Å². The number of nitrogens with zero attached hydrogens (tertiary/aromatic N) is 4. The minimum absolute atomic E-state index is 0. The van der Waals surface area contributed by atoms with Gasteiger partial charge in [-0.05, 0) is 24.3 Å². The van der Waals surface area contributed by atoms with E-state index in [0.29, 0.717) is 17.3 Å². The molecule has 0 N–H and O–H groups in total. The molecular weight excluding hydrogens is 490 g/mol. The molecule has 0 saturated carbocycles. The number of fused-ring (bicyclic) bond motifs is 1. The Kier molecular flexibility index (Phi) is 4.55. The number of hydrogen-bond acceptors (Lipinski definition) is 4. The normalized spacial score (nSPS) is 12.8. The van der Waals surface area contributed by atoms with Crippen LogP contribution in [-0.2, 0) is 20.1 Å². The molecule has 7 heteroatoms. The molecule has 0 atom stereocenters. The average Bonchev–Trinajstić information content (AvgIpc) is 2.96. The molecule has 0 amide bonds. The Morgan fingerprint density at radius 1 is 0.833 bits per heavy atom. The molecule has 0 saturated heterocycles. The van der Waals surface area contributed by atoms with E-state index in [0.717, 1.165) is 5.69 Å². The molecule has 123 valence electrons. The van der Waals surface area contributed by atoms with Gasteiger partial charge in [0.15, 0.2) is 0 Å². The van der Waals surface area contributed by atoms with E-state index in [9.17, 15) is 8.78 Å². The monoisotopic (exact) mass is 501 g/mol. The van der Waals surface area contributed by atoms with Crippen molar-refractivity contribution in [1.29, 1.82) is 0 Å². The molecule has 2 aromatic carbocycles. The van der Waals surface area contributed by atoms with Gasteiger partial charge in [0.25, 0.3) is 0 Å². The molecule has 1 aliphatic heterocycles. The van der Waals surface area contributed by atoms with Gasteiger partial charge in [-0.1, -0.05) is 0 Å². The smallest absolute Gasteiger partial charge is 0.145 e. The molecule has 4 nitrogen and oxygen atoms in total. The van der Waals surface area contributed by atoms with Crippen molar-refractivity contribution >= 4 is 23.0 Å². The van der Waals surface area contributed by atoms with E-state index in [4.69, 9.17) is 0 Å².